The second-order valence-electron chi connectivity index (χ2n) is 3.78. The minimum atomic E-state index is -3.41. The summed E-state index contributed by atoms with van der Waals surface area (Å²) in [4.78, 5) is 10.3. The van der Waals surface area contributed by atoms with Gasteiger partial charge in [-0.1, -0.05) is 28.1 Å². The molecule has 0 unspecified atom stereocenters. The molecule has 0 bridgehead atoms. The maximum atomic E-state index is 11.7. The van der Waals surface area contributed by atoms with Crippen molar-refractivity contribution in [2.75, 3.05) is 6.54 Å². The molecule has 0 aliphatic carbocycles. The van der Waals surface area contributed by atoms with E-state index in [4.69, 9.17) is 5.11 Å². The largest absolute Gasteiger partial charge is 0.481 e. The Labute approximate surface area is 114 Å². The molecular weight excluding hydrogens is 322 g/mol. The fraction of sp³-hybridized carbons (Fsp3) is 0.364. The summed E-state index contributed by atoms with van der Waals surface area (Å²) in [5.41, 5.74) is 0.676. The molecule has 0 heterocycles. The maximum absolute atomic E-state index is 11.7. The van der Waals surface area contributed by atoms with Crippen LogP contribution in [0.1, 0.15) is 18.4 Å². The predicted molar refractivity (Wildman–Crippen MR) is 71.6 cm³/mol. The van der Waals surface area contributed by atoms with Gasteiger partial charge in [0, 0.05) is 17.4 Å². The lowest BCUT2D eigenvalue weighted by atomic mass is 10.2. The number of carbonyl (C=O) groups is 1. The summed E-state index contributed by atoms with van der Waals surface area (Å²) >= 11 is 3.27. The highest BCUT2D eigenvalue weighted by molar-refractivity contribution is 9.10. The van der Waals surface area contributed by atoms with Gasteiger partial charge < -0.3 is 5.11 Å². The smallest absolute Gasteiger partial charge is 0.303 e. The quantitative estimate of drug-likeness (QED) is 0.743. The topological polar surface area (TPSA) is 83.5 Å². The number of sulfonamides is 1. The van der Waals surface area contributed by atoms with Gasteiger partial charge >= 0.3 is 5.97 Å². The van der Waals surface area contributed by atoms with Crippen LogP contribution in [0.4, 0.5) is 0 Å². The molecule has 0 amide bonds. The predicted octanol–water partition coefficient (Wildman–Crippen LogP) is 1.73. The Hall–Kier alpha value is -0.920. The third-order valence-electron chi connectivity index (χ3n) is 2.14. The Morgan fingerprint density at radius 3 is 2.72 bits per heavy atom. The van der Waals surface area contributed by atoms with E-state index in [-0.39, 0.29) is 25.1 Å². The molecule has 1 rings (SSSR count). The van der Waals surface area contributed by atoms with E-state index in [1.807, 2.05) is 6.07 Å². The van der Waals surface area contributed by atoms with Crippen LogP contribution < -0.4 is 4.72 Å². The zero-order valence-corrected chi connectivity index (χ0v) is 12.0. The van der Waals surface area contributed by atoms with Gasteiger partial charge in [0.25, 0.3) is 0 Å². The number of benzene rings is 1. The van der Waals surface area contributed by atoms with Crippen LogP contribution in [-0.2, 0) is 20.6 Å². The van der Waals surface area contributed by atoms with Crippen LogP contribution in [-0.4, -0.2) is 26.0 Å². The molecule has 100 valence electrons. The van der Waals surface area contributed by atoms with Crippen LogP contribution >= 0.6 is 15.9 Å². The van der Waals surface area contributed by atoms with Crippen LogP contribution in [0.15, 0.2) is 28.7 Å². The summed E-state index contributed by atoms with van der Waals surface area (Å²) in [5.74, 6) is -1.04. The summed E-state index contributed by atoms with van der Waals surface area (Å²) in [6.07, 6.45) is 0.243. The first kappa shape index (κ1) is 15.1. The van der Waals surface area contributed by atoms with E-state index >= 15 is 0 Å². The summed E-state index contributed by atoms with van der Waals surface area (Å²) in [5, 5.41) is 8.43. The van der Waals surface area contributed by atoms with Gasteiger partial charge in [-0.15, -0.1) is 0 Å². The van der Waals surface area contributed by atoms with Crippen LogP contribution in [0.5, 0.6) is 0 Å². The molecule has 2 N–H and O–H groups in total. The van der Waals surface area contributed by atoms with Crippen LogP contribution in [0.25, 0.3) is 0 Å². The van der Waals surface area contributed by atoms with E-state index in [0.717, 1.165) is 4.47 Å². The lowest BCUT2D eigenvalue weighted by Gasteiger charge is -2.06. The van der Waals surface area contributed by atoms with Gasteiger partial charge in [-0.2, -0.15) is 0 Å². The number of halogens is 1. The number of carboxylic acids is 1. The van der Waals surface area contributed by atoms with Crippen molar-refractivity contribution in [1.29, 1.82) is 0 Å². The minimum Gasteiger partial charge on any atom is -0.481 e. The third-order valence-corrected chi connectivity index (χ3v) is 3.99. The first-order valence-electron chi connectivity index (χ1n) is 5.32. The van der Waals surface area contributed by atoms with E-state index in [9.17, 15) is 13.2 Å². The molecule has 0 atom stereocenters. The molecule has 0 saturated carbocycles. The minimum absolute atomic E-state index is 0.0423. The average molecular weight is 336 g/mol. The molecule has 0 fully saturated rings. The van der Waals surface area contributed by atoms with Crippen LogP contribution in [0, 0.1) is 0 Å². The SMILES string of the molecule is O=C(O)CCCNS(=O)(=O)Cc1cccc(Br)c1. The average Bonchev–Trinajstić information content (AvgIpc) is 2.23. The van der Waals surface area contributed by atoms with Crippen molar-refractivity contribution in [3.05, 3.63) is 34.3 Å². The van der Waals surface area contributed by atoms with Crippen molar-refractivity contribution >= 4 is 31.9 Å². The highest BCUT2D eigenvalue weighted by Gasteiger charge is 2.11. The second kappa shape index (κ2) is 6.86. The van der Waals surface area contributed by atoms with Gasteiger partial charge in [0.2, 0.25) is 10.0 Å². The summed E-state index contributed by atoms with van der Waals surface area (Å²) in [7, 11) is -3.41. The Morgan fingerprint density at radius 2 is 2.11 bits per heavy atom. The Bertz CT molecular complexity index is 516. The van der Waals surface area contributed by atoms with E-state index < -0.39 is 16.0 Å². The van der Waals surface area contributed by atoms with Crippen molar-refractivity contribution in [1.82, 2.24) is 4.72 Å². The van der Waals surface area contributed by atoms with Crippen LogP contribution in [0.2, 0.25) is 0 Å². The number of nitrogens with one attached hydrogen (secondary N) is 1. The molecule has 7 heteroatoms. The first-order valence-corrected chi connectivity index (χ1v) is 7.77. The van der Waals surface area contributed by atoms with Gasteiger partial charge in [-0.05, 0) is 24.1 Å². The first-order chi connectivity index (χ1) is 8.39. The van der Waals surface area contributed by atoms with Gasteiger partial charge in [-0.25, -0.2) is 13.1 Å². The van der Waals surface area contributed by atoms with E-state index in [0.29, 0.717) is 5.56 Å². The lowest BCUT2D eigenvalue weighted by Crippen LogP contribution is -2.26. The van der Waals surface area contributed by atoms with E-state index in [2.05, 4.69) is 20.7 Å². The molecule has 0 aliphatic heterocycles. The van der Waals surface area contributed by atoms with Crippen molar-refractivity contribution in [3.8, 4) is 0 Å². The highest BCUT2D eigenvalue weighted by atomic mass is 79.9. The molecule has 0 aliphatic rings. The fourth-order valence-electron chi connectivity index (χ4n) is 1.36. The molecule has 1 aromatic rings. The standard InChI is InChI=1S/C11H14BrNO4S/c12-10-4-1-3-9(7-10)8-18(16,17)13-6-2-5-11(14)15/h1,3-4,7,13H,2,5-6,8H2,(H,14,15). The molecule has 18 heavy (non-hydrogen) atoms. The van der Waals surface area contributed by atoms with Gasteiger partial charge in [0.1, 0.15) is 0 Å². The number of hydrogen-bond donors (Lipinski definition) is 2. The Morgan fingerprint density at radius 1 is 1.39 bits per heavy atom. The summed E-state index contributed by atoms with van der Waals surface area (Å²) < 4.78 is 26.6. The van der Waals surface area contributed by atoms with Gasteiger partial charge in [0.05, 0.1) is 5.75 Å². The van der Waals surface area contributed by atoms with Crippen molar-refractivity contribution in [2.24, 2.45) is 0 Å². The summed E-state index contributed by atoms with van der Waals surface area (Å²) in [6, 6.07) is 7.04. The number of hydrogen-bond acceptors (Lipinski definition) is 3. The Balaban J connectivity index is 2.47. The molecule has 0 radical (unpaired) electrons. The molecule has 0 spiro atoms. The second-order valence-corrected chi connectivity index (χ2v) is 6.50. The molecule has 1 aromatic carbocycles. The molecule has 0 saturated heterocycles. The Kier molecular flexibility index (Phi) is 5.77. The maximum Gasteiger partial charge on any atom is 0.303 e. The third kappa shape index (κ3) is 6.13. The van der Waals surface area contributed by atoms with Crippen molar-refractivity contribution < 1.29 is 18.3 Å². The molecule has 0 aromatic heterocycles. The highest BCUT2D eigenvalue weighted by Crippen LogP contribution is 2.13. The number of aliphatic carboxylic acids is 1. The molecule has 5 nitrogen and oxygen atoms in total. The van der Waals surface area contributed by atoms with Gasteiger partial charge in [0.15, 0.2) is 0 Å². The normalized spacial score (nSPS) is 11.4. The lowest BCUT2D eigenvalue weighted by molar-refractivity contribution is -0.137. The van der Waals surface area contributed by atoms with Crippen LogP contribution in [0.3, 0.4) is 0 Å². The van der Waals surface area contributed by atoms with Gasteiger partial charge in [-0.3, -0.25) is 4.79 Å². The monoisotopic (exact) mass is 335 g/mol. The van der Waals surface area contributed by atoms with E-state index in [1.54, 1.807) is 18.2 Å². The van der Waals surface area contributed by atoms with Crippen molar-refractivity contribution in [3.63, 3.8) is 0 Å². The van der Waals surface area contributed by atoms with E-state index in [1.165, 1.54) is 0 Å². The fourth-order valence-corrected chi connectivity index (χ4v) is 2.99. The summed E-state index contributed by atoms with van der Waals surface area (Å²) in [6.45, 7) is 0.142. The zero-order valence-electron chi connectivity index (χ0n) is 9.60. The number of rotatable bonds is 7. The number of carboxylic acid groups (broad SMARTS) is 1. The van der Waals surface area contributed by atoms with Crippen molar-refractivity contribution in [2.45, 2.75) is 18.6 Å². The molecular formula is C11H14BrNO4S. The zero-order chi connectivity index (χ0) is 13.6.